The number of amides is 1. The molecule has 0 fully saturated rings. The summed E-state index contributed by atoms with van der Waals surface area (Å²) < 4.78 is 5.17. The van der Waals surface area contributed by atoms with Gasteiger partial charge in [0.2, 0.25) is 5.91 Å². The van der Waals surface area contributed by atoms with Crippen molar-refractivity contribution in [2.75, 3.05) is 20.1 Å². The van der Waals surface area contributed by atoms with Crippen LogP contribution >= 0.6 is 11.8 Å². The molecule has 0 aliphatic rings. The average Bonchev–Trinajstić information content (AvgIpc) is 3.14. The Hall–Kier alpha value is -2.41. The summed E-state index contributed by atoms with van der Waals surface area (Å²) >= 11 is 1.79. The van der Waals surface area contributed by atoms with Crippen LogP contribution < -0.4 is 16.0 Å². The predicted octanol–water partition coefficient (Wildman–Crippen LogP) is 2.24. The van der Waals surface area contributed by atoms with Crippen LogP contribution in [0, 0.1) is 0 Å². The van der Waals surface area contributed by atoms with E-state index in [2.05, 4.69) is 40.0 Å². The summed E-state index contributed by atoms with van der Waals surface area (Å²) in [6, 6.07) is 13.9. The number of benzene rings is 1. The molecule has 0 bridgehead atoms. The maximum absolute atomic E-state index is 11.8. The van der Waals surface area contributed by atoms with Crippen LogP contribution in [0.5, 0.6) is 0 Å². The van der Waals surface area contributed by atoms with Gasteiger partial charge in [-0.25, -0.2) is 0 Å². The highest BCUT2D eigenvalue weighted by atomic mass is 32.2. The lowest BCUT2D eigenvalue weighted by atomic mass is 10.4. The Balaban J connectivity index is 1.65. The Kier molecular flexibility index (Phi) is 7.91. The van der Waals surface area contributed by atoms with E-state index >= 15 is 0 Å². The Morgan fingerprint density at radius 1 is 1.16 bits per heavy atom. The molecule has 2 aromatic rings. The van der Waals surface area contributed by atoms with Crippen molar-refractivity contribution in [1.82, 2.24) is 16.0 Å². The van der Waals surface area contributed by atoms with Gasteiger partial charge >= 0.3 is 0 Å². The molecule has 0 spiro atoms. The Bertz CT molecular complexity index is 659. The molecule has 3 N–H and O–H groups in total. The number of hydrogen-bond donors (Lipinski definition) is 3. The van der Waals surface area contributed by atoms with E-state index in [9.17, 15) is 4.79 Å². The van der Waals surface area contributed by atoms with E-state index in [4.69, 9.17) is 4.42 Å². The number of carbonyl (C=O) groups is 1. The molecule has 0 saturated carbocycles. The fourth-order valence-corrected chi connectivity index (χ4v) is 3.00. The number of hydrogen-bond acceptors (Lipinski definition) is 4. The van der Waals surface area contributed by atoms with E-state index in [1.165, 1.54) is 4.90 Å². The summed E-state index contributed by atoms with van der Waals surface area (Å²) in [5.74, 6) is 1.21. The van der Waals surface area contributed by atoms with Gasteiger partial charge in [0, 0.05) is 23.7 Å². The third kappa shape index (κ3) is 7.34. The standard InChI is InChI=1S/C18H24N4O2S/c1-14(25-16-8-4-3-5-9-16)11-21-18(19-2)22-13-17(23)20-12-15-7-6-10-24-15/h3-10,14H,11-13H2,1-2H3,(H,20,23)(H2,19,21,22). The van der Waals surface area contributed by atoms with Gasteiger partial charge in [0.1, 0.15) is 5.76 Å². The van der Waals surface area contributed by atoms with Gasteiger partial charge in [-0.15, -0.1) is 11.8 Å². The summed E-state index contributed by atoms with van der Waals surface area (Å²) in [5, 5.41) is 9.39. The maximum atomic E-state index is 11.8. The molecular weight excluding hydrogens is 336 g/mol. The Labute approximate surface area is 152 Å². The quantitative estimate of drug-likeness (QED) is 0.382. The number of aliphatic imine (C=N–C) groups is 1. The molecule has 1 amide bonds. The van der Waals surface area contributed by atoms with Crippen molar-refractivity contribution >= 4 is 23.6 Å². The number of nitrogens with zero attached hydrogens (tertiary/aromatic N) is 1. The van der Waals surface area contributed by atoms with Crippen molar-refractivity contribution in [2.45, 2.75) is 23.6 Å². The molecule has 0 radical (unpaired) electrons. The van der Waals surface area contributed by atoms with E-state index in [-0.39, 0.29) is 12.5 Å². The zero-order chi connectivity index (χ0) is 17.9. The average molecular weight is 360 g/mol. The molecular formula is C18H24N4O2S. The van der Waals surface area contributed by atoms with Gasteiger partial charge in [-0.3, -0.25) is 9.79 Å². The van der Waals surface area contributed by atoms with Crippen LogP contribution in [0.1, 0.15) is 12.7 Å². The number of carbonyl (C=O) groups excluding carboxylic acids is 1. The van der Waals surface area contributed by atoms with Crippen molar-refractivity contribution in [1.29, 1.82) is 0 Å². The molecule has 25 heavy (non-hydrogen) atoms. The van der Waals surface area contributed by atoms with Crippen LogP contribution in [-0.2, 0) is 11.3 Å². The van der Waals surface area contributed by atoms with Crippen LogP contribution in [-0.4, -0.2) is 37.3 Å². The van der Waals surface area contributed by atoms with Gasteiger partial charge in [0.05, 0.1) is 19.4 Å². The summed E-state index contributed by atoms with van der Waals surface area (Å²) in [4.78, 5) is 17.2. The minimum absolute atomic E-state index is 0.119. The van der Waals surface area contributed by atoms with Crippen LogP contribution in [0.15, 0.2) is 63.0 Å². The maximum Gasteiger partial charge on any atom is 0.239 e. The van der Waals surface area contributed by atoms with E-state index in [0.29, 0.717) is 17.8 Å². The Morgan fingerprint density at radius 2 is 1.96 bits per heavy atom. The number of nitrogens with one attached hydrogen (secondary N) is 3. The lowest BCUT2D eigenvalue weighted by Gasteiger charge is -2.15. The van der Waals surface area contributed by atoms with Gasteiger partial charge in [0.15, 0.2) is 5.96 Å². The number of thioether (sulfide) groups is 1. The molecule has 0 saturated heterocycles. The molecule has 1 atom stereocenters. The SMILES string of the molecule is CN=C(NCC(=O)NCc1ccco1)NCC(C)Sc1ccccc1. The first-order chi connectivity index (χ1) is 12.2. The monoisotopic (exact) mass is 360 g/mol. The fraction of sp³-hybridized carbons (Fsp3) is 0.333. The zero-order valence-corrected chi connectivity index (χ0v) is 15.3. The van der Waals surface area contributed by atoms with Crippen molar-refractivity contribution in [2.24, 2.45) is 4.99 Å². The molecule has 1 unspecified atom stereocenters. The number of furan rings is 1. The topological polar surface area (TPSA) is 78.7 Å². The first-order valence-electron chi connectivity index (χ1n) is 8.12. The van der Waals surface area contributed by atoms with E-state index in [1.807, 2.05) is 24.3 Å². The highest BCUT2D eigenvalue weighted by Crippen LogP contribution is 2.21. The van der Waals surface area contributed by atoms with Gasteiger partial charge in [-0.1, -0.05) is 25.1 Å². The normalized spacial score (nSPS) is 12.5. The lowest BCUT2D eigenvalue weighted by molar-refractivity contribution is -0.120. The second-order valence-corrected chi connectivity index (χ2v) is 6.92. The van der Waals surface area contributed by atoms with Crippen molar-refractivity contribution in [3.63, 3.8) is 0 Å². The molecule has 134 valence electrons. The summed E-state index contributed by atoms with van der Waals surface area (Å²) in [6.45, 7) is 3.42. The minimum Gasteiger partial charge on any atom is -0.467 e. The summed E-state index contributed by atoms with van der Waals surface area (Å²) in [7, 11) is 1.69. The highest BCUT2D eigenvalue weighted by Gasteiger charge is 2.07. The van der Waals surface area contributed by atoms with E-state index < -0.39 is 0 Å². The Morgan fingerprint density at radius 3 is 2.64 bits per heavy atom. The third-order valence-electron chi connectivity index (χ3n) is 3.32. The molecule has 0 aliphatic heterocycles. The summed E-state index contributed by atoms with van der Waals surface area (Å²) in [6.07, 6.45) is 1.58. The highest BCUT2D eigenvalue weighted by molar-refractivity contribution is 8.00. The second-order valence-electron chi connectivity index (χ2n) is 5.40. The van der Waals surface area contributed by atoms with Crippen molar-refractivity contribution in [3.05, 3.63) is 54.5 Å². The lowest BCUT2D eigenvalue weighted by Crippen LogP contribution is -2.44. The van der Waals surface area contributed by atoms with Gasteiger partial charge in [0.25, 0.3) is 0 Å². The van der Waals surface area contributed by atoms with Crippen molar-refractivity contribution < 1.29 is 9.21 Å². The number of guanidine groups is 1. The molecule has 6 nitrogen and oxygen atoms in total. The van der Waals surface area contributed by atoms with Crippen LogP contribution in [0.25, 0.3) is 0 Å². The zero-order valence-electron chi connectivity index (χ0n) is 14.5. The summed E-state index contributed by atoms with van der Waals surface area (Å²) in [5.41, 5.74) is 0. The number of rotatable bonds is 8. The molecule has 0 aliphatic carbocycles. The predicted molar refractivity (Wildman–Crippen MR) is 102 cm³/mol. The molecule has 1 aromatic heterocycles. The second kappa shape index (κ2) is 10.5. The van der Waals surface area contributed by atoms with Crippen molar-refractivity contribution in [3.8, 4) is 0 Å². The van der Waals surface area contributed by atoms with E-state index in [0.717, 1.165) is 12.3 Å². The van der Waals surface area contributed by atoms with Crippen LogP contribution in [0.4, 0.5) is 0 Å². The van der Waals surface area contributed by atoms with Gasteiger partial charge < -0.3 is 20.4 Å². The molecule has 7 heteroatoms. The molecule has 2 rings (SSSR count). The third-order valence-corrected chi connectivity index (χ3v) is 4.43. The molecule has 1 aromatic carbocycles. The van der Waals surface area contributed by atoms with E-state index in [1.54, 1.807) is 31.1 Å². The van der Waals surface area contributed by atoms with Gasteiger partial charge in [-0.2, -0.15) is 0 Å². The first-order valence-corrected chi connectivity index (χ1v) is 9.00. The smallest absolute Gasteiger partial charge is 0.239 e. The fourth-order valence-electron chi connectivity index (χ4n) is 2.06. The van der Waals surface area contributed by atoms with Gasteiger partial charge in [-0.05, 0) is 24.3 Å². The van der Waals surface area contributed by atoms with Crippen LogP contribution in [0.3, 0.4) is 0 Å². The first kappa shape index (κ1) is 18.9. The largest absolute Gasteiger partial charge is 0.467 e. The van der Waals surface area contributed by atoms with Crippen LogP contribution in [0.2, 0.25) is 0 Å². The minimum atomic E-state index is -0.119. The molecule has 1 heterocycles.